The van der Waals surface area contributed by atoms with Crippen molar-refractivity contribution in [1.29, 1.82) is 0 Å². The van der Waals surface area contributed by atoms with Gasteiger partial charge in [-0.25, -0.2) is 13.6 Å². The number of amides is 2. The lowest BCUT2D eigenvalue weighted by molar-refractivity contribution is 0.163. The van der Waals surface area contributed by atoms with Crippen LogP contribution in [-0.4, -0.2) is 23.8 Å². The van der Waals surface area contributed by atoms with Crippen LogP contribution < -0.4 is 10.6 Å². The number of hydrogen-bond acceptors (Lipinski definition) is 2. The van der Waals surface area contributed by atoms with E-state index in [0.717, 1.165) is 6.07 Å². The van der Waals surface area contributed by atoms with Crippen molar-refractivity contribution in [1.82, 2.24) is 5.32 Å². The highest BCUT2D eigenvalue weighted by atomic mass is 35.5. The lowest BCUT2D eigenvalue weighted by Crippen LogP contribution is -2.33. The molecule has 0 aliphatic heterocycles. The fraction of sp³-hybridized carbons (Fsp3) is 0.462. The highest BCUT2D eigenvalue weighted by Crippen LogP contribution is 2.26. The summed E-state index contributed by atoms with van der Waals surface area (Å²) in [6.07, 6.45) is 0.0743. The number of hydrogen-bond donors (Lipinski definition) is 3. The van der Waals surface area contributed by atoms with Crippen molar-refractivity contribution in [3.63, 3.8) is 0 Å². The van der Waals surface area contributed by atoms with Crippen molar-refractivity contribution in [2.45, 2.75) is 26.4 Å². The van der Waals surface area contributed by atoms with Crippen LogP contribution in [0.2, 0.25) is 5.02 Å². The first-order valence-corrected chi connectivity index (χ1v) is 6.54. The van der Waals surface area contributed by atoms with E-state index in [-0.39, 0.29) is 16.6 Å². The minimum absolute atomic E-state index is 0.0642. The Kier molecular flexibility index (Phi) is 6.16. The van der Waals surface area contributed by atoms with Crippen molar-refractivity contribution in [3.8, 4) is 0 Å². The van der Waals surface area contributed by atoms with E-state index in [1.54, 1.807) is 6.92 Å². The van der Waals surface area contributed by atoms with E-state index in [4.69, 9.17) is 11.6 Å². The molecule has 2 amide bonds. The van der Waals surface area contributed by atoms with Crippen LogP contribution in [0.25, 0.3) is 0 Å². The summed E-state index contributed by atoms with van der Waals surface area (Å²) in [7, 11) is 0. The fourth-order valence-electron chi connectivity index (χ4n) is 1.75. The maximum Gasteiger partial charge on any atom is 0.319 e. The number of carbonyl (C=O) groups is 1. The summed E-state index contributed by atoms with van der Waals surface area (Å²) in [5.41, 5.74) is -0.270. The first-order valence-electron chi connectivity index (χ1n) is 6.17. The predicted molar refractivity (Wildman–Crippen MR) is 73.9 cm³/mol. The third-order valence-electron chi connectivity index (χ3n) is 2.60. The summed E-state index contributed by atoms with van der Waals surface area (Å²) in [6, 6.07) is 0.906. The third kappa shape index (κ3) is 5.30. The number of nitrogens with one attached hydrogen (secondary N) is 2. The van der Waals surface area contributed by atoms with Crippen LogP contribution >= 0.6 is 11.6 Å². The molecule has 0 aliphatic carbocycles. The molecular weight excluding hydrogens is 290 g/mol. The number of halogens is 3. The first-order chi connectivity index (χ1) is 9.29. The number of aliphatic hydroxyl groups is 1. The van der Waals surface area contributed by atoms with E-state index in [1.165, 1.54) is 0 Å². The van der Waals surface area contributed by atoms with Crippen molar-refractivity contribution >= 4 is 23.3 Å². The maximum atomic E-state index is 13.4. The van der Waals surface area contributed by atoms with Gasteiger partial charge in [0.1, 0.15) is 5.82 Å². The normalized spacial score (nSPS) is 13.7. The Labute approximate surface area is 121 Å². The van der Waals surface area contributed by atoms with Gasteiger partial charge in [0.25, 0.3) is 0 Å². The number of urea groups is 1. The van der Waals surface area contributed by atoms with Crippen LogP contribution in [0.15, 0.2) is 12.1 Å². The second-order valence-electron chi connectivity index (χ2n) is 4.77. The second-order valence-corrected chi connectivity index (χ2v) is 5.18. The molecule has 112 valence electrons. The molecule has 20 heavy (non-hydrogen) atoms. The van der Waals surface area contributed by atoms with E-state index in [1.807, 2.05) is 6.92 Å². The van der Waals surface area contributed by atoms with E-state index >= 15 is 0 Å². The summed E-state index contributed by atoms with van der Waals surface area (Å²) in [5, 5.41) is 13.7. The maximum absolute atomic E-state index is 13.4. The molecule has 0 aromatic heterocycles. The number of rotatable bonds is 5. The fourth-order valence-corrected chi connectivity index (χ4v) is 1.99. The largest absolute Gasteiger partial charge is 0.393 e. The van der Waals surface area contributed by atoms with Crippen LogP contribution in [0.5, 0.6) is 0 Å². The highest BCUT2D eigenvalue weighted by Gasteiger charge is 2.14. The van der Waals surface area contributed by atoms with E-state index in [0.29, 0.717) is 19.0 Å². The minimum atomic E-state index is -0.942. The molecule has 1 aromatic rings. The molecule has 0 heterocycles. The molecule has 3 N–H and O–H groups in total. The summed E-state index contributed by atoms with van der Waals surface area (Å²) in [6.45, 7) is 3.83. The summed E-state index contributed by atoms with van der Waals surface area (Å²) < 4.78 is 26.3. The predicted octanol–water partition coefficient (Wildman–Crippen LogP) is 3.15. The topological polar surface area (TPSA) is 61.4 Å². The molecule has 1 rings (SSSR count). The zero-order valence-corrected chi connectivity index (χ0v) is 12.0. The van der Waals surface area contributed by atoms with Crippen LogP contribution in [0.1, 0.15) is 20.3 Å². The van der Waals surface area contributed by atoms with Gasteiger partial charge in [-0.2, -0.15) is 0 Å². The zero-order chi connectivity index (χ0) is 15.3. The Morgan fingerprint density at radius 1 is 1.40 bits per heavy atom. The Morgan fingerprint density at radius 2 is 2.05 bits per heavy atom. The standard InChI is InChI=1S/C13H17ClF2N2O2/c1-7(3-8(2)19)6-17-13(20)18-12-10(14)4-9(15)5-11(12)16/h4-5,7-8,19H,3,6H2,1-2H3,(H2,17,18,20). The van der Waals surface area contributed by atoms with E-state index < -0.39 is 23.8 Å². The van der Waals surface area contributed by atoms with Crippen LogP contribution in [0.3, 0.4) is 0 Å². The minimum Gasteiger partial charge on any atom is -0.393 e. The Hall–Kier alpha value is -1.40. The molecule has 7 heteroatoms. The zero-order valence-electron chi connectivity index (χ0n) is 11.2. The van der Waals surface area contributed by atoms with Gasteiger partial charge in [-0.05, 0) is 25.3 Å². The van der Waals surface area contributed by atoms with Crippen molar-refractivity contribution in [3.05, 3.63) is 28.8 Å². The monoisotopic (exact) mass is 306 g/mol. The van der Waals surface area contributed by atoms with Crippen molar-refractivity contribution < 1.29 is 18.7 Å². The third-order valence-corrected chi connectivity index (χ3v) is 2.90. The quantitative estimate of drug-likeness (QED) is 0.782. The van der Waals surface area contributed by atoms with Gasteiger partial charge in [0.15, 0.2) is 5.82 Å². The second kappa shape index (κ2) is 7.40. The molecule has 0 aliphatic rings. The van der Waals surface area contributed by atoms with Crippen LogP contribution in [0.4, 0.5) is 19.3 Å². The SMILES string of the molecule is CC(O)CC(C)CNC(=O)Nc1c(F)cc(F)cc1Cl. The van der Waals surface area contributed by atoms with Gasteiger partial charge in [0, 0.05) is 12.6 Å². The van der Waals surface area contributed by atoms with Crippen molar-refractivity contribution in [2.24, 2.45) is 5.92 Å². The molecule has 0 saturated carbocycles. The van der Waals surface area contributed by atoms with Crippen LogP contribution in [-0.2, 0) is 0 Å². The molecular formula is C13H17ClF2N2O2. The van der Waals surface area contributed by atoms with Gasteiger partial charge >= 0.3 is 6.03 Å². The van der Waals surface area contributed by atoms with Gasteiger partial charge in [0.2, 0.25) is 0 Å². The van der Waals surface area contributed by atoms with Gasteiger partial charge in [-0.3, -0.25) is 0 Å². The average molecular weight is 307 g/mol. The average Bonchev–Trinajstić information content (AvgIpc) is 2.30. The number of benzene rings is 1. The van der Waals surface area contributed by atoms with Gasteiger partial charge < -0.3 is 15.7 Å². The molecule has 0 spiro atoms. The van der Waals surface area contributed by atoms with Gasteiger partial charge in [0.05, 0.1) is 16.8 Å². The highest BCUT2D eigenvalue weighted by molar-refractivity contribution is 6.33. The summed E-state index contributed by atoms with van der Waals surface area (Å²) in [4.78, 5) is 11.6. The molecule has 0 saturated heterocycles. The Balaban J connectivity index is 2.55. The smallest absolute Gasteiger partial charge is 0.319 e. The van der Waals surface area contributed by atoms with Gasteiger partial charge in [-0.1, -0.05) is 18.5 Å². The molecule has 2 atom stereocenters. The van der Waals surface area contributed by atoms with Gasteiger partial charge in [-0.15, -0.1) is 0 Å². The van der Waals surface area contributed by atoms with E-state index in [9.17, 15) is 18.7 Å². The molecule has 0 fully saturated rings. The summed E-state index contributed by atoms with van der Waals surface area (Å²) in [5.74, 6) is -1.69. The molecule has 0 radical (unpaired) electrons. The van der Waals surface area contributed by atoms with Crippen LogP contribution in [0, 0.1) is 17.6 Å². The Bertz CT molecular complexity index is 460. The number of anilines is 1. The van der Waals surface area contributed by atoms with Crippen molar-refractivity contribution in [2.75, 3.05) is 11.9 Å². The lowest BCUT2D eigenvalue weighted by atomic mass is 10.1. The molecule has 1 aromatic carbocycles. The number of aliphatic hydroxyl groups excluding tert-OH is 1. The molecule has 4 nitrogen and oxygen atoms in total. The summed E-state index contributed by atoms with van der Waals surface area (Å²) >= 11 is 5.65. The molecule has 2 unspecified atom stereocenters. The Morgan fingerprint density at radius 3 is 2.60 bits per heavy atom. The first kappa shape index (κ1) is 16.7. The molecule has 0 bridgehead atoms. The van der Waals surface area contributed by atoms with E-state index in [2.05, 4.69) is 10.6 Å². The number of carbonyl (C=O) groups excluding carboxylic acids is 1. The lowest BCUT2D eigenvalue weighted by Gasteiger charge is -2.15.